The van der Waals surface area contributed by atoms with Crippen LogP contribution in [0, 0.1) is 0 Å². The van der Waals surface area contributed by atoms with Gasteiger partial charge in [-0.15, -0.1) is 0 Å². The fourth-order valence-electron chi connectivity index (χ4n) is 2.58. The molecule has 2 amide bonds. The molecule has 1 saturated heterocycles. The van der Waals surface area contributed by atoms with Crippen LogP contribution in [0.4, 0.5) is 10.5 Å². The van der Waals surface area contributed by atoms with Gasteiger partial charge < -0.3 is 19.4 Å². The number of furan rings is 1. The van der Waals surface area contributed by atoms with Gasteiger partial charge in [-0.05, 0) is 49.2 Å². The Hall–Kier alpha value is -1.79. The molecular formula is C17H19BrN2O3. The molecule has 0 unspecified atom stereocenters. The van der Waals surface area contributed by atoms with Crippen LogP contribution >= 0.6 is 15.9 Å². The smallest absolute Gasteiger partial charge is 0.322 e. The molecule has 23 heavy (non-hydrogen) atoms. The summed E-state index contributed by atoms with van der Waals surface area (Å²) in [6.45, 7) is 1.76. The van der Waals surface area contributed by atoms with Crippen LogP contribution in [0.15, 0.2) is 51.6 Å². The van der Waals surface area contributed by atoms with Crippen molar-refractivity contribution in [2.24, 2.45) is 0 Å². The van der Waals surface area contributed by atoms with E-state index in [1.807, 2.05) is 36.4 Å². The van der Waals surface area contributed by atoms with Gasteiger partial charge in [0.05, 0.1) is 18.9 Å². The van der Waals surface area contributed by atoms with Crippen molar-refractivity contribution in [2.75, 3.05) is 18.5 Å². The molecule has 1 atom stereocenters. The standard InChI is InChI=1S/C17H19BrN2O3/c18-13-5-7-14(8-6-13)19-17(21)20(11-15-3-1-9-22-15)12-16-4-2-10-23-16/h1,3,5-9,16H,2,4,10-12H2,(H,19,21)/t16-/m1/s1. The molecule has 3 rings (SSSR count). The summed E-state index contributed by atoms with van der Waals surface area (Å²) in [7, 11) is 0. The van der Waals surface area contributed by atoms with Crippen molar-refractivity contribution in [2.45, 2.75) is 25.5 Å². The van der Waals surface area contributed by atoms with E-state index in [1.54, 1.807) is 11.2 Å². The fourth-order valence-corrected chi connectivity index (χ4v) is 2.84. The summed E-state index contributed by atoms with van der Waals surface area (Å²) >= 11 is 3.39. The van der Waals surface area contributed by atoms with E-state index in [0.717, 1.165) is 35.4 Å². The number of nitrogens with zero attached hydrogens (tertiary/aromatic N) is 1. The number of hydrogen-bond acceptors (Lipinski definition) is 3. The molecule has 122 valence electrons. The lowest BCUT2D eigenvalue weighted by Gasteiger charge is -2.25. The number of carbonyl (C=O) groups excluding carboxylic acids is 1. The maximum Gasteiger partial charge on any atom is 0.322 e. The zero-order chi connectivity index (χ0) is 16.1. The first-order valence-electron chi connectivity index (χ1n) is 7.66. The summed E-state index contributed by atoms with van der Waals surface area (Å²) in [5.74, 6) is 0.758. The normalized spacial score (nSPS) is 17.2. The van der Waals surface area contributed by atoms with Crippen LogP contribution < -0.4 is 5.32 Å². The van der Waals surface area contributed by atoms with Gasteiger partial charge in [0.15, 0.2) is 0 Å². The number of hydrogen-bond donors (Lipinski definition) is 1. The van der Waals surface area contributed by atoms with E-state index >= 15 is 0 Å². The summed E-state index contributed by atoms with van der Waals surface area (Å²) in [5.41, 5.74) is 0.759. The lowest BCUT2D eigenvalue weighted by Crippen LogP contribution is -2.39. The molecule has 0 bridgehead atoms. The fraction of sp³-hybridized carbons (Fsp3) is 0.353. The van der Waals surface area contributed by atoms with E-state index in [1.165, 1.54) is 0 Å². The van der Waals surface area contributed by atoms with Crippen molar-refractivity contribution < 1.29 is 13.9 Å². The second kappa shape index (κ2) is 7.66. The number of anilines is 1. The van der Waals surface area contributed by atoms with Crippen LogP contribution in [0.2, 0.25) is 0 Å². The number of amides is 2. The van der Waals surface area contributed by atoms with Crippen molar-refractivity contribution in [1.82, 2.24) is 4.90 Å². The van der Waals surface area contributed by atoms with Gasteiger partial charge in [0, 0.05) is 23.3 Å². The van der Waals surface area contributed by atoms with Crippen molar-refractivity contribution in [1.29, 1.82) is 0 Å². The Morgan fingerprint density at radius 2 is 2.13 bits per heavy atom. The average Bonchev–Trinajstić information content (AvgIpc) is 3.22. The molecule has 1 fully saturated rings. The number of rotatable bonds is 5. The first kappa shape index (κ1) is 16.1. The Balaban J connectivity index is 1.67. The molecule has 0 saturated carbocycles. The Kier molecular flexibility index (Phi) is 5.35. The van der Waals surface area contributed by atoms with Gasteiger partial charge in [-0.25, -0.2) is 4.79 Å². The number of urea groups is 1. The SMILES string of the molecule is O=C(Nc1ccc(Br)cc1)N(Cc1ccco1)C[C@H]1CCCO1. The zero-order valence-electron chi connectivity index (χ0n) is 12.7. The molecule has 6 heteroatoms. The Morgan fingerprint density at radius 1 is 1.30 bits per heavy atom. The molecular weight excluding hydrogens is 360 g/mol. The lowest BCUT2D eigenvalue weighted by molar-refractivity contribution is 0.0803. The lowest BCUT2D eigenvalue weighted by atomic mass is 10.2. The van der Waals surface area contributed by atoms with Crippen LogP contribution in [0.5, 0.6) is 0 Å². The molecule has 0 spiro atoms. The summed E-state index contributed by atoms with van der Waals surface area (Å²) in [6, 6.07) is 11.1. The third-order valence-electron chi connectivity index (χ3n) is 3.76. The predicted molar refractivity (Wildman–Crippen MR) is 91.3 cm³/mol. The molecule has 0 radical (unpaired) electrons. The Morgan fingerprint density at radius 3 is 2.78 bits per heavy atom. The average molecular weight is 379 g/mol. The second-order valence-corrected chi connectivity index (χ2v) is 6.45. The first-order chi connectivity index (χ1) is 11.2. The van der Waals surface area contributed by atoms with Crippen LogP contribution in [-0.2, 0) is 11.3 Å². The van der Waals surface area contributed by atoms with Crippen LogP contribution in [-0.4, -0.2) is 30.2 Å². The molecule has 0 aliphatic carbocycles. The topological polar surface area (TPSA) is 54.7 Å². The number of halogens is 1. The van der Waals surface area contributed by atoms with E-state index in [9.17, 15) is 4.79 Å². The molecule has 1 aliphatic heterocycles. The second-order valence-electron chi connectivity index (χ2n) is 5.53. The van der Waals surface area contributed by atoms with Crippen LogP contribution in [0.3, 0.4) is 0 Å². The highest BCUT2D eigenvalue weighted by Gasteiger charge is 2.23. The molecule has 2 aromatic rings. The monoisotopic (exact) mass is 378 g/mol. The van der Waals surface area contributed by atoms with Crippen LogP contribution in [0.25, 0.3) is 0 Å². The van der Waals surface area contributed by atoms with Gasteiger partial charge in [-0.3, -0.25) is 0 Å². The van der Waals surface area contributed by atoms with Gasteiger partial charge in [0.2, 0.25) is 0 Å². The predicted octanol–water partition coefficient (Wildman–Crippen LogP) is 4.26. The molecule has 1 aromatic carbocycles. The Labute approximate surface area is 143 Å². The van der Waals surface area contributed by atoms with Gasteiger partial charge in [0.1, 0.15) is 5.76 Å². The van der Waals surface area contributed by atoms with E-state index in [0.29, 0.717) is 13.1 Å². The maximum absolute atomic E-state index is 12.6. The van der Waals surface area contributed by atoms with Crippen molar-refractivity contribution in [3.63, 3.8) is 0 Å². The number of carbonyl (C=O) groups is 1. The molecule has 1 aromatic heterocycles. The number of ether oxygens (including phenoxy) is 1. The summed E-state index contributed by atoms with van der Waals surface area (Å²) in [6.07, 6.45) is 3.75. The van der Waals surface area contributed by atoms with Crippen LogP contribution in [0.1, 0.15) is 18.6 Å². The molecule has 5 nitrogen and oxygen atoms in total. The molecule has 1 N–H and O–H groups in total. The quantitative estimate of drug-likeness (QED) is 0.845. The summed E-state index contributed by atoms with van der Waals surface area (Å²) in [5, 5.41) is 2.92. The van der Waals surface area contributed by atoms with Gasteiger partial charge >= 0.3 is 6.03 Å². The highest BCUT2D eigenvalue weighted by atomic mass is 79.9. The Bertz CT molecular complexity index is 622. The van der Waals surface area contributed by atoms with E-state index in [2.05, 4.69) is 21.2 Å². The van der Waals surface area contributed by atoms with Crippen molar-refractivity contribution in [3.8, 4) is 0 Å². The highest BCUT2D eigenvalue weighted by molar-refractivity contribution is 9.10. The highest BCUT2D eigenvalue weighted by Crippen LogP contribution is 2.18. The van der Waals surface area contributed by atoms with E-state index in [-0.39, 0.29) is 12.1 Å². The number of nitrogens with one attached hydrogen (secondary N) is 1. The van der Waals surface area contributed by atoms with Crippen molar-refractivity contribution in [3.05, 3.63) is 52.9 Å². The molecule has 1 aliphatic rings. The van der Waals surface area contributed by atoms with Gasteiger partial charge in [-0.1, -0.05) is 15.9 Å². The maximum atomic E-state index is 12.6. The zero-order valence-corrected chi connectivity index (χ0v) is 14.3. The van der Waals surface area contributed by atoms with Gasteiger partial charge in [-0.2, -0.15) is 0 Å². The van der Waals surface area contributed by atoms with Crippen molar-refractivity contribution >= 4 is 27.6 Å². The first-order valence-corrected chi connectivity index (χ1v) is 8.45. The summed E-state index contributed by atoms with van der Waals surface area (Å²) < 4.78 is 12.0. The largest absolute Gasteiger partial charge is 0.467 e. The molecule has 2 heterocycles. The van der Waals surface area contributed by atoms with E-state index < -0.39 is 0 Å². The number of benzene rings is 1. The minimum Gasteiger partial charge on any atom is -0.467 e. The minimum absolute atomic E-state index is 0.0978. The van der Waals surface area contributed by atoms with E-state index in [4.69, 9.17) is 9.15 Å². The third kappa shape index (κ3) is 4.59. The third-order valence-corrected chi connectivity index (χ3v) is 4.29. The minimum atomic E-state index is -0.153. The van der Waals surface area contributed by atoms with Gasteiger partial charge in [0.25, 0.3) is 0 Å². The summed E-state index contributed by atoms with van der Waals surface area (Å²) in [4.78, 5) is 14.4.